The summed E-state index contributed by atoms with van der Waals surface area (Å²) in [6, 6.07) is 13.0. The first-order valence-corrected chi connectivity index (χ1v) is 20.1. The number of halogens is 6. The molecule has 4 rings (SSSR count). The van der Waals surface area contributed by atoms with E-state index in [1.54, 1.807) is 14.2 Å². The fourth-order valence-corrected chi connectivity index (χ4v) is 10.7. The predicted molar refractivity (Wildman–Crippen MR) is 220 cm³/mol. The first-order valence-electron chi connectivity index (χ1n) is 18.4. The summed E-state index contributed by atoms with van der Waals surface area (Å²) >= 11 is 0. The molecule has 0 aliphatic heterocycles. The quantitative estimate of drug-likeness (QED) is 0.101. The number of aryl methyl sites for hydroxylation is 3. The Balaban J connectivity index is 2.06. The zero-order valence-corrected chi connectivity index (χ0v) is 36.0. The van der Waals surface area contributed by atoms with Gasteiger partial charge in [0.05, 0.1) is 66.3 Å². The number of hydrogen-bond acceptors (Lipinski definition) is 7. The Kier molecular flexibility index (Phi) is 13.9. The molecule has 4 aromatic carbocycles. The maximum Gasteiger partial charge on any atom is 0.416 e. The topological polar surface area (TPSA) is 70.5 Å². The third kappa shape index (κ3) is 9.73. The smallest absolute Gasteiger partial charge is 0.416 e. The predicted octanol–water partition coefficient (Wildman–Crippen LogP) is 10.2. The van der Waals surface area contributed by atoms with Gasteiger partial charge in [0.25, 0.3) is 0 Å². The highest BCUT2D eigenvalue weighted by atomic mass is 31.2. The largest absolute Gasteiger partial charge is 0.493 e. The van der Waals surface area contributed by atoms with Gasteiger partial charge in [0.2, 0.25) is 5.75 Å². The van der Waals surface area contributed by atoms with Crippen molar-refractivity contribution in [2.24, 2.45) is 10.2 Å². The average Bonchev–Trinajstić information content (AvgIpc) is 3.14. The highest BCUT2D eigenvalue weighted by Crippen LogP contribution is 2.52. The molecule has 0 bridgehead atoms. The summed E-state index contributed by atoms with van der Waals surface area (Å²) in [5, 5.41) is 5.83. The second-order valence-electron chi connectivity index (χ2n) is 15.3. The van der Waals surface area contributed by atoms with Gasteiger partial charge in [-0.3, -0.25) is 4.74 Å². The zero-order valence-electron chi connectivity index (χ0n) is 35.1. The number of methoxy groups -OCH3 is 5. The lowest BCUT2D eigenvalue weighted by Crippen LogP contribution is -2.42. The van der Waals surface area contributed by atoms with Crippen molar-refractivity contribution < 1.29 is 50.0 Å². The van der Waals surface area contributed by atoms with E-state index in [-0.39, 0.29) is 30.3 Å². The van der Waals surface area contributed by atoms with Crippen molar-refractivity contribution in [1.29, 1.82) is 0 Å². The van der Waals surface area contributed by atoms with Gasteiger partial charge in [0.15, 0.2) is 23.0 Å². The van der Waals surface area contributed by atoms with Crippen molar-refractivity contribution in [1.82, 2.24) is 5.32 Å². The minimum atomic E-state index is -4.98. The van der Waals surface area contributed by atoms with Gasteiger partial charge < -0.3 is 29.0 Å². The van der Waals surface area contributed by atoms with Crippen LogP contribution in [-0.4, -0.2) is 48.1 Å². The third-order valence-electron chi connectivity index (χ3n) is 10.3. The molecule has 0 radical (unpaired) electrons. The van der Waals surface area contributed by atoms with Crippen LogP contribution in [0.1, 0.15) is 59.7 Å². The average molecular weight is 835 g/mol. The number of allylic oxidation sites excluding steroid dienone is 1. The van der Waals surface area contributed by atoms with Crippen LogP contribution in [0.5, 0.6) is 28.7 Å². The Morgan fingerprint density at radius 3 is 1.45 bits per heavy atom. The van der Waals surface area contributed by atoms with Crippen LogP contribution in [0.3, 0.4) is 0 Å². The molecule has 0 amide bonds. The van der Waals surface area contributed by atoms with E-state index in [0.717, 1.165) is 50.3 Å². The van der Waals surface area contributed by atoms with Crippen LogP contribution in [0.2, 0.25) is 0 Å². The third-order valence-corrected chi connectivity index (χ3v) is 13.9. The summed E-state index contributed by atoms with van der Waals surface area (Å²) in [5.41, 5.74) is 0.705. The maximum atomic E-state index is 13.7. The minimum absolute atomic E-state index is 0.118. The van der Waals surface area contributed by atoms with E-state index in [1.165, 1.54) is 21.3 Å². The van der Waals surface area contributed by atoms with E-state index in [4.69, 9.17) is 28.4 Å². The normalized spacial score (nSPS) is 13.6. The summed E-state index contributed by atoms with van der Waals surface area (Å²) in [5.74, 6) is 2.25. The molecule has 0 aromatic heterocycles. The van der Waals surface area contributed by atoms with Crippen LogP contribution < -0.4 is 44.9 Å². The molecule has 1 N–H and O–H groups in total. The lowest BCUT2D eigenvalue weighted by Gasteiger charge is -2.35. The van der Waals surface area contributed by atoms with Crippen LogP contribution in [-0.2, 0) is 18.8 Å². The SMILES string of the molecule is C=C(Cc1cc(C(F)(F)F)cc(C(F)(F)F)c1)N[C@@H](CN=P(c1cc(C)c(C)c(C)c1)(c1cc(C)c(OC)c(OC)c1)c1cc(OC)c(OC)c(OC)c1)C(C)(C)C. The van der Waals surface area contributed by atoms with Crippen molar-refractivity contribution in [2.75, 3.05) is 42.1 Å². The first-order chi connectivity index (χ1) is 26.9. The standard InChI is InChI=1S/C44H53F6N2O5P/c1-25-14-33(15-26(2)29(25)5)58(34-16-27(3)40(56-12)36(21-34)53-9,35-22-37(54-10)41(57-13)38(23-35)55-11)51-24-39(42(6,7)8)52-28(4)17-30-18-31(43(45,46)47)20-32(19-30)44(48,49)50/h14-16,18-23,39,52H,4,17,24H2,1-3,5-13H3/t39-,58?/m0/s1. The summed E-state index contributed by atoms with van der Waals surface area (Å²) in [6.45, 7) is 18.2. The molecule has 7 nitrogen and oxygen atoms in total. The van der Waals surface area contributed by atoms with Crippen molar-refractivity contribution in [3.05, 3.63) is 106 Å². The van der Waals surface area contributed by atoms with Crippen LogP contribution in [0.4, 0.5) is 26.3 Å². The Labute approximate surface area is 337 Å². The second-order valence-corrected chi connectivity index (χ2v) is 18.4. The highest BCUT2D eigenvalue weighted by Gasteiger charge is 2.38. The van der Waals surface area contributed by atoms with E-state index in [2.05, 4.69) is 31.0 Å². The van der Waals surface area contributed by atoms with E-state index in [1.807, 2.05) is 65.8 Å². The van der Waals surface area contributed by atoms with Gasteiger partial charge in [-0.1, -0.05) is 27.4 Å². The molecule has 58 heavy (non-hydrogen) atoms. The number of nitrogens with zero attached hydrogens (tertiary/aromatic N) is 1. The molecule has 316 valence electrons. The van der Waals surface area contributed by atoms with Gasteiger partial charge in [-0.2, -0.15) is 26.3 Å². The number of benzene rings is 4. The lowest BCUT2D eigenvalue weighted by atomic mass is 9.86. The molecular formula is C44H53F6N2O5P. The molecular weight excluding hydrogens is 781 g/mol. The van der Waals surface area contributed by atoms with Crippen LogP contribution in [0.25, 0.3) is 0 Å². The Hall–Kier alpha value is -4.77. The van der Waals surface area contributed by atoms with Gasteiger partial charge in [0.1, 0.15) is 0 Å². The van der Waals surface area contributed by atoms with Gasteiger partial charge in [-0.25, -0.2) is 0 Å². The molecule has 0 fully saturated rings. The first kappa shape index (κ1) is 45.9. The minimum Gasteiger partial charge on any atom is -0.493 e. The molecule has 0 aliphatic rings. The van der Waals surface area contributed by atoms with Gasteiger partial charge in [0, 0.05) is 28.0 Å². The number of hydrogen-bond donors (Lipinski definition) is 1. The Bertz CT molecular complexity index is 2130. The fraction of sp³-hybridized carbons (Fsp3) is 0.409. The molecule has 1 unspecified atom stereocenters. The molecule has 14 heteroatoms. The highest BCUT2D eigenvalue weighted by molar-refractivity contribution is 7.87. The number of ether oxygens (including phenoxy) is 5. The van der Waals surface area contributed by atoms with Gasteiger partial charge in [-0.15, -0.1) is 0 Å². The molecule has 2 atom stereocenters. The summed E-state index contributed by atoms with van der Waals surface area (Å²) in [4.78, 5) is 0. The van der Waals surface area contributed by atoms with Crippen LogP contribution in [0.15, 0.2) is 71.6 Å². The van der Waals surface area contributed by atoms with E-state index in [9.17, 15) is 26.3 Å². The van der Waals surface area contributed by atoms with Crippen molar-refractivity contribution in [3.8, 4) is 28.7 Å². The van der Waals surface area contributed by atoms with E-state index < -0.39 is 42.0 Å². The Morgan fingerprint density at radius 2 is 1.03 bits per heavy atom. The van der Waals surface area contributed by atoms with Crippen molar-refractivity contribution in [2.45, 2.75) is 73.3 Å². The second kappa shape index (κ2) is 17.6. The van der Waals surface area contributed by atoms with Crippen molar-refractivity contribution in [3.63, 3.8) is 0 Å². The molecule has 0 spiro atoms. The van der Waals surface area contributed by atoms with Crippen LogP contribution >= 0.6 is 7.05 Å². The number of rotatable bonds is 14. The van der Waals surface area contributed by atoms with Crippen LogP contribution in [0, 0.1) is 33.1 Å². The fourth-order valence-electron chi connectivity index (χ4n) is 6.87. The van der Waals surface area contributed by atoms with Gasteiger partial charge in [-0.05, 0) is 116 Å². The molecule has 0 saturated carbocycles. The lowest BCUT2D eigenvalue weighted by molar-refractivity contribution is -0.143. The number of alkyl halides is 6. The summed E-state index contributed by atoms with van der Waals surface area (Å²) < 4.78 is 117. The summed E-state index contributed by atoms with van der Waals surface area (Å²) in [6.07, 6.45) is -10.3. The molecule has 4 aromatic rings. The number of nitrogens with one attached hydrogen (secondary N) is 1. The van der Waals surface area contributed by atoms with Crippen molar-refractivity contribution >= 4 is 23.0 Å². The molecule has 0 heterocycles. The van der Waals surface area contributed by atoms with E-state index >= 15 is 0 Å². The summed E-state index contributed by atoms with van der Waals surface area (Å²) in [7, 11) is 4.55. The maximum absolute atomic E-state index is 13.7. The van der Waals surface area contributed by atoms with Gasteiger partial charge >= 0.3 is 12.4 Å². The molecule has 0 aliphatic carbocycles. The Morgan fingerprint density at radius 1 is 0.621 bits per heavy atom. The monoisotopic (exact) mass is 834 g/mol. The zero-order chi connectivity index (χ0) is 43.5. The van der Waals surface area contributed by atoms with E-state index in [0.29, 0.717) is 28.7 Å². The molecule has 0 saturated heterocycles.